The van der Waals surface area contributed by atoms with E-state index in [1.165, 1.54) is 83.5 Å². The number of carbonyl (C=O) groups excluding carboxylic acids is 8. The molecular weight excluding hydrogens is 1800 g/mol. The number of carbonyl (C=O) groups is 8. The maximum absolute atomic E-state index is 12.9. The Bertz CT molecular complexity index is 6300. The van der Waals surface area contributed by atoms with Crippen molar-refractivity contribution in [3.8, 4) is 23.0 Å². The summed E-state index contributed by atoms with van der Waals surface area (Å²) in [6.07, 6.45) is 1.69. The molecule has 39 heteroatoms. The molecule has 15 rings (SSSR count). The lowest BCUT2D eigenvalue weighted by molar-refractivity contribution is -0.274. The maximum atomic E-state index is 12.9. The van der Waals surface area contributed by atoms with E-state index in [0.29, 0.717) is 112 Å². The number of likely N-dealkylation sites (tertiary alicyclic amines) is 1. The molecule has 0 atom stereocenters. The molecule has 0 radical (unpaired) electrons. The van der Waals surface area contributed by atoms with Crippen LogP contribution in [0.1, 0.15) is 118 Å². The Kier molecular flexibility index (Phi) is 33.9. The number of hydrogen-bond acceptors (Lipinski definition) is 21. The number of nitrogens with one attached hydrogen (secondary N) is 11. The first-order valence-corrected chi connectivity index (χ1v) is 41.7. The Balaban J connectivity index is 0.000000170. The number of aromatic nitrogens is 4. The fourth-order valence-corrected chi connectivity index (χ4v) is 12.6. The summed E-state index contributed by atoms with van der Waals surface area (Å²) in [7, 11) is 7.70. The summed E-state index contributed by atoms with van der Waals surface area (Å²) in [6, 6.07) is 56.8. The van der Waals surface area contributed by atoms with Crippen LogP contribution >= 0.6 is 46.4 Å². The van der Waals surface area contributed by atoms with E-state index in [1.807, 2.05) is 33.8 Å². The summed E-state index contributed by atoms with van der Waals surface area (Å²) >= 11 is 23.3. The summed E-state index contributed by atoms with van der Waals surface area (Å²) in [6.45, 7) is 7.05. The van der Waals surface area contributed by atoms with Crippen LogP contribution in [0, 0.1) is 16.2 Å². The maximum Gasteiger partial charge on any atom is 0.573 e. The van der Waals surface area contributed by atoms with E-state index in [1.54, 1.807) is 165 Å². The van der Waals surface area contributed by atoms with Gasteiger partial charge in [0.1, 0.15) is 63.8 Å². The number of halogens is 7. The molecule has 13 N–H and O–H groups in total. The van der Waals surface area contributed by atoms with Crippen LogP contribution in [0.5, 0.6) is 23.0 Å². The molecule has 8 aromatic carbocycles. The van der Waals surface area contributed by atoms with Crippen LogP contribution in [-0.2, 0) is 0 Å². The SMILES string of the molecule is CN.CN=C(C)c1ccc(C(=O)Nc2ccc(OC)cc2C(=O)Nc2ccc(Cl)cn2)cc1.COc1ccc(NC(=O)c2ccc(C(=N)N3CC3)cc2)c(C(=O)Nc2ccc(Cl)cn2)c1.COc1ccc(NC(=O)c2ccc(C(=N)N3CCC3)cc2)c(C(=O)Nc2ccc(Cl)cn2)c1.N=C(c1ccc(C(=O)Nc2ccc(OC(F)(F)F)cc2C(=O)Nc2ccc(Cl)cn2)cc1)N1CC1. The average molecular weight is 1890 g/mol. The Morgan fingerprint density at radius 3 is 0.782 bits per heavy atom. The van der Waals surface area contributed by atoms with E-state index in [0.717, 1.165) is 86.3 Å². The standard InChI is InChI=1S/C24H22ClN5O3.C23H17ClF3N5O3.C23H20ClN5O3.C23H21ClN4O3.CH5N/c1-33-18-8-9-20(19(13-18)24(32)29-21-10-7-17(25)14-27-21)28-23(31)16-5-3-15(4-6-16)22(26)30-11-2-12-30;24-15-5-8-19(29-12-15)31-22(34)17-11-16(35-23(25,26)27)6-7-18(17)30-21(33)14-3-1-13(2-4-14)20(28)32-9-10-32;1-32-17-7-8-19(18(12-17)23(31)28-20-9-6-16(24)13-26-20)27-22(30)15-4-2-14(3-5-15)21(25)29-10-11-29;1-14(25-2)15-4-6-16(7-5-15)22(29)27-20-10-9-18(31-3)12-19(20)23(30)28-21-11-8-17(24)13-26-21;1-2/h3-10,13-14,26H,2,11-12H2,1H3,(H,28,31)(H,27,29,32);1-8,11-12,28H,9-10H2,(H,30,33)(H,29,31,34);2-9,12-13,25H,10-11H2,1H3,(H,27,30)(H,26,28,31);4-13H,1-3H3,(H,27,29)(H,26,28,30);2H2,1H3. The summed E-state index contributed by atoms with van der Waals surface area (Å²) in [5.74, 6) is -0.784. The van der Waals surface area contributed by atoms with Crippen LogP contribution < -0.4 is 67.2 Å². The number of methoxy groups -OCH3 is 3. The molecule has 682 valence electrons. The molecule has 3 saturated heterocycles. The number of amidine groups is 3. The van der Waals surface area contributed by atoms with E-state index in [2.05, 4.69) is 77.9 Å². The van der Waals surface area contributed by atoms with Crippen molar-refractivity contribution in [2.24, 2.45) is 10.7 Å². The number of benzene rings is 8. The minimum Gasteiger partial charge on any atom is -0.497 e. The number of nitrogens with two attached hydrogens (primary N) is 1. The predicted octanol–water partition coefficient (Wildman–Crippen LogP) is 17.2. The zero-order valence-electron chi connectivity index (χ0n) is 71.7. The number of rotatable bonds is 24. The molecular formula is C94H85Cl4F3N20O12. The Morgan fingerprint density at radius 2 is 0.571 bits per heavy atom. The molecule has 32 nitrogen and oxygen atoms in total. The molecule has 3 aliphatic heterocycles. The van der Waals surface area contributed by atoms with Crippen molar-refractivity contribution in [2.75, 3.05) is 117 Å². The quantitative estimate of drug-likeness (QED) is 0.0152. The van der Waals surface area contributed by atoms with Crippen LogP contribution in [0.4, 0.5) is 59.2 Å². The topological polar surface area (TPSA) is 440 Å². The van der Waals surface area contributed by atoms with E-state index in [4.69, 9.17) is 76.8 Å². The van der Waals surface area contributed by atoms with Gasteiger partial charge in [-0.2, -0.15) is 0 Å². The van der Waals surface area contributed by atoms with Crippen molar-refractivity contribution in [1.29, 1.82) is 16.2 Å². The molecule has 7 heterocycles. The molecule has 0 saturated carbocycles. The molecule has 0 unspecified atom stereocenters. The fourth-order valence-electron chi connectivity index (χ4n) is 12.1. The Labute approximate surface area is 780 Å². The zero-order chi connectivity index (χ0) is 95.6. The van der Waals surface area contributed by atoms with Gasteiger partial charge in [0, 0.05) is 116 Å². The molecule has 3 aliphatic rings. The van der Waals surface area contributed by atoms with Crippen molar-refractivity contribution in [2.45, 2.75) is 19.7 Å². The van der Waals surface area contributed by atoms with E-state index in [9.17, 15) is 51.5 Å². The van der Waals surface area contributed by atoms with Gasteiger partial charge in [0.2, 0.25) is 0 Å². The van der Waals surface area contributed by atoms with Crippen LogP contribution in [-0.4, -0.2) is 186 Å². The van der Waals surface area contributed by atoms with Gasteiger partial charge in [-0.3, -0.25) is 59.6 Å². The highest BCUT2D eigenvalue weighted by molar-refractivity contribution is 6.31. The zero-order valence-corrected chi connectivity index (χ0v) is 74.8. The van der Waals surface area contributed by atoms with E-state index >= 15 is 0 Å². The molecule has 8 amide bonds. The number of nitrogens with zero attached hydrogens (tertiary/aromatic N) is 8. The number of amides is 8. The van der Waals surface area contributed by atoms with Gasteiger partial charge in [-0.05, 0) is 196 Å². The second kappa shape index (κ2) is 46.0. The molecule has 0 aliphatic carbocycles. The van der Waals surface area contributed by atoms with Crippen molar-refractivity contribution < 1.29 is 70.5 Å². The van der Waals surface area contributed by atoms with Crippen molar-refractivity contribution in [3.05, 3.63) is 330 Å². The predicted molar refractivity (Wildman–Crippen MR) is 507 cm³/mol. The van der Waals surface area contributed by atoms with Gasteiger partial charge in [0.15, 0.2) is 0 Å². The minimum atomic E-state index is -4.97. The number of aliphatic imine (C=N–C) groups is 1. The lowest BCUT2D eigenvalue weighted by atomic mass is 10.1. The molecule has 0 spiro atoms. The largest absolute Gasteiger partial charge is 0.573 e. The van der Waals surface area contributed by atoms with Gasteiger partial charge in [0.25, 0.3) is 47.3 Å². The van der Waals surface area contributed by atoms with Gasteiger partial charge in [-0.25, -0.2) is 19.9 Å². The van der Waals surface area contributed by atoms with Gasteiger partial charge in [-0.1, -0.05) is 94.9 Å². The lowest BCUT2D eigenvalue weighted by Crippen LogP contribution is -2.42. The van der Waals surface area contributed by atoms with Crippen LogP contribution in [0.15, 0.2) is 248 Å². The Morgan fingerprint density at radius 1 is 0.338 bits per heavy atom. The Hall–Kier alpha value is -15.7. The summed E-state index contributed by atoms with van der Waals surface area (Å²) in [4.78, 5) is 129. The normalized spacial score (nSPS) is 12.0. The van der Waals surface area contributed by atoms with Crippen molar-refractivity contribution in [1.82, 2.24) is 34.6 Å². The highest BCUT2D eigenvalue weighted by Crippen LogP contribution is 2.33. The molecule has 3 fully saturated rings. The molecule has 0 bridgehead atoms. The average Bonchev–Trinajstić information content (AvgIpc) is 0.936. The summed E-state index contributed by atoms with van der Waals surface area (Å²) in [5.41, 5.74) is 11.3. The number of anilines is 8. The first-order valence-electron chi connectivity index (χ1n) is 40.2. The first-order chi connectivity index (χ1) is 63.9. The third kappa shape index (κ3) is 27.9. The second-order valence-corrected chi connectivity index (χ2v) is 30.3. The number of alkyl halides is 3. The third-order valence-corrected chi connectivity index (χ3v) is 20.5. The van der Waals surface area contributed by atoms with Gasteiger partial charge in [0.05, 0.1) is 86.4 Å². The van der Waals surface area contributed by atoms with Crippen LogP contribution in [0.3, 0.4) is 0 Å². The first kappa shape index (κ1) is 97.9. The highest BCUT2D eigenvalue weighted by atomic mass is 35.5. The van der Waals surface area contributed by atoms with Crippen LogP contribution in [0.25, 0.3) is 0 Å². The minimum absolute atomic E-state index is 0.0445. The number of ether oxygens (including phenoxy) is 4. The lowest BCUT2D eigenvalue weighted by Gasteiger charge is -2.33. The highest BCUT2D eigenvalue weighted by Gasteiger charge is 2.33. The summed E-state index contributed by atoms with van der Waals surface area (Å²) in [5, 5.41) is 47.4. The number of hydrogen-bond donors (Lipinski definition) is 12. The van der Waals surface area contributed by atoms with Gasteiger partial charge < -0.3 is 81.9 Å². The van der Waals surface area contributed by atoms with E-state index < -0.39 is 41.6 Å². The van der Waals surface area contributed by atoms with Crippen LogP contribution in [0.2, 0.25) is 20.1 Å². The molecule has 12 aromatic rings. The van der Waals surface area contributed by atoms with Gasteiger partial charge in [-0.15, -0.1) is 13.2 Å². The third-order valence-electron chi connectivity index (χ3n) is 19.6. The second-order valence-electron chi connectivity index (χ2n) is 28.5. The smallest absolute Gasteiger partial charge is 0.497 e. The van der Waals surface area contributed by atoms with Crippen molar-refractivity contribution >= 4 is 163 Å². The van der Waals surface area contributed by atoms with E-state index in [-0.39, 0.29) is 57.0 Å². The molecule has 4 aromatic heterocycles. The monoisotopic (exact) mass is 1880 g/mol. The summed E-state index contributed by atoms with van der Waals surface area (Å²) < 4.78 is 57.7. The van der Waals surface area contributed by atoms with Gasteiger partial charge >= 0.3 is 6.36 Å². The number of pyridine rings is 4. The fraction of sp³-hybridized carbons (Fsp3) is 0.149. The van der Waals surface area contributed by atoms with Crippen molar-refractivity contribution in [3.63, 3.8) is 0 Å². The molecule has 133 heavy (non-hydrogen) atoms.